The fourth-order valence-corrected chi connectivity index (χ4v) is 2.40. The number of rotatable bonds is 1. The number of para-hydroxylation sites is 1. The number of nitrogens with one attached hydrogen (secondary N) is 1. The summed E-state index contributed by atoms with van der Waals surface area (Å²) in [6, 6.07) is 7.91. The molecule has 1 amide bonds. The Balaban J connectivity index is 2.33. The number of thioether (sulfide) groups is 1. The summed E-state index contributed by atoms with van der Waals surface area (Å²) in [7, 11) is 0. The highest BCUT2D eigenvalue weighted by molar-refractivity contribution is 8.01. The van der Waals surface area contributed by atoms with Crippen LogP contribution >= 0.6 is 11.8 Å². The SMILES string of the molecule is CC[C@H]1Sc2ccccc2NC1=O. The van der Waals surface area contributed by atoms with Crippen LogP contribution in [0.5, 0.6) is 0 Å². The minimum absolute atomic E-state index is 0.0786. The molecule has 68 valence electrons. The van der Waals surface area contributed by atoms with Gasteiger partial charge in [0.05, 0.1) is 10.9 Å². The van der Waals surface area contributed by atoms with Crippen molar-refractivity contribution in [3.8, 4) is 0 Å². The Kier molecular flexibility index (Phi) is 2.27. The molecule has 1 aromatic rings. The number of benzene rings is 1. The second-order valence-corrected chi connectivity index (χ2v) is 4.24. The second kappa shape index (κ2) is 3.42. The van der Waals surface area contributed by atoms with E-state index in [0.29, 0.717) is 0 Å². The van der Waals surface area contributed by atoms with Gasteiger partial charge < -0.3 is 5.32 Å². The van der Waals surface area contributed by atoms with Gasteiger partial charge in [-0.05, 0) is 18.6 Å². The number of amides is 1. The molecule has 0 aromatic heterocycles. The highest BCUT2D eigenvalue weighted by Crippen LogP contribution is 2.36. The molecule has 0 spiro atoms. The summed E-state index contributed by atoms with van der Waals surface area (Å²) < 4.78 is 0. The van der Waals surface area contributed by atoms with E-state index in [9.17, 15) is 4.79 Å². The number of hydrogen-bond donors (Lipinski definition) is 1. The standard InChI is InChI=1S/C10H11NOS/c1-2-8-10(12)11-7-5-3-4-6-9(7)13-8/h3-6,8H,2H2,1H3,(H,11,12)/t8-/m1/s1. The van der Waals surface area contributed by atoms with Crippen molar-refractivity contribution in [2.75, 3.05) is 5.32 Å². The quantitative estimate of drug-likeness (QED) is 0.742. The molecule has 0 radical (unpaired) electrons. The third-order valence-corrected chi connectivity index (χ3v) is 3.52. The van der Waals surface area contributed by atoms with Gasteiger partial charge >= 0.3 is 0 Å². The molecule has 2 rings (SSSR count). The van der Waals surface area contributed by atoms with Crippen molar-refractivity contribution in [3.63, 3.8) is 0 Å². The normalized spacial score (nSPS) is 20.7. The van der Waals surface area contributed by atoms with Crippen molar-refractivity contribution < 1.29 is 4.79 Å². The zero-order chi connectivity index (χ0) is 9.26. The minimum Gasteiger partial charge on any atom is -0.324 e. The lowest BCUT2D eigenvalue weighted by Gasteiger charge is -2.22. The Morgan fingerprint density at radius 3 is 3.00 bits per heavy atom. The van der Waals surface area contributed by atoms with Crippen molar-refractivity contribution >= 4 is 23.4 Å². The average Bonchev–Trinajstić information content (AvgIpc) is 2.17. The van der Waals surface area contributed by atoms with E-state index in [1.54, 1.807) is 11.8 Å². The van der Waals surface area contributed by atoms with E-state index >= 15 is 0 Å². The van der Waals surface area contributed by atoms with Crippen molar-refractivity contribution in [1.29, 1.82) is 0 Å². The smallest absolute Gasteiger partial charge is 0.237 e. The van der Waals surface area contributed by atoms with Crippen LogP contribution in [0.25, 0.3) is 0 Å². The maximum atomic E-state index is 11.5. The van der Waals surface area contributed by atoms with E-state index in [4.69, 9.17) is 0 Å². The van der Waals surface area contributed by atoms with Crippen LogP contribution in [0.1, 0.15) is 13.3 Å². The van der Waals surface area contributed by atoms with Crippen molar-refractivity contribution in [2.45, 2.75) is 23.5 Å². The molecule has 13 heavy (non-hydrogen) atoms. The molecule has 2 nitrogen and oxygen atoms in total. The summed E-state index contributed by atoms with van der Waals surface area (Å²) in [5.74, 6) is 0.131. The van der Waals surface area contributed by atoms with Crippen LogP contribution in [0.4, 0.5) is 5.69 Å². The predicted octanol–water partition coefficient (Wildman–Crippen LogP) is 2.51. The molecule has 0 unspecified atom stereocenters. The van der Waals surface area contributed by atoms with E-state index < -0.39 is 0 Å². The number of fused-ring (bicyclic) bond motifs is 1. The largest absolute Gasteiger partial charge is 0.324 e. The van der Waals surface area contributed by atoms with Gasteiger partial charge in [0.15, 0.2) is 0 Å². The van der Waals surface area contributed by atoms with Crippen LogP contribution in [-0.2, 0) is 4.79 Å². The number of carbonyl (C=O) groups is 1. The van der Waals surface area contributed by atoms with Crippen molar-refractivity contribution in [2.24, 2.45) is 0 Å². The van der Waals surface area contributed by atoms with Crippen LogP contribution in [0.2, 0.25) is 0 Å². The first-order valence-electron chi connectivity index (χ1n) is 4.38. The summed E-state index contributed by atoms with van der Waals surface area (Å²) in [6.07, 6.45) is 0.880. The second-order valence-electron chi connectivity index (χ2n) is 3.00. The van der Waals surface area contributed by atoms with E-state index in [-0.39, 0.29) is 11.2 Å². The molecule has 1 aliphatic heterocycles. The van der Waals surface area contributed by atoms with Gasteiger partial charge in [-0.3, -0.25) is 4.79 Å². The fourth-order valence-electron chi connectivity index (χ4n) is 1.36. The number of carbonyl (C=O) groups excluding carboxylic acids is 1. The Hall–Kier alpha value is -0.960. The van der Waals surface area contributed by atoms with Crippen LogP contribution in [-0.4, -0.2) is 11.2 Å². The van der Waals surface area contributed by atoms with E-state index in [2.05, 4.69) is 5.32 Å². The Bertz CT molecular complexity index is 337. The summed E-state index contributed by atoms with van der Waals surface area (Å²) in [5, 5.41) is 2.98. The van der Waals surface area contributed by atoms with Gasteiger partial charge in [0.25, 0.3) is 0 Å². The summed E-state index contributed by atoms with van der Waals surface area (Å²) in [6.45, 7) is 2.03. The topological polar surface area (TPSA) is 29.1 Å². The highest BCUT2D eigenvalue weighted by atomic mass is 32.2. The monoisotopic (exact) mass is 193 g/mol. The Labute approximate surface area is 81.7 Å². The molecule has 0 saturated carbocycles. The molecular weight excluding hydrogens is 182 g/mol. The van der Waals surface area contributed by atoms with Crippen LogP contribution in [0.3, 0.4) is 0 Å². The Morgan fingerprint density at radius 1 is 1.46 bits per heavy atom. The maximum Gasteiger partial charge on any atom is 0.237 e. The first-order chi connectivity index (χ1) is 6.31. The fraction of sp³-hybridized carbons (Fsp3) is 0.300. The van der Waals surface area contributed by atoms with Gasteiger partial charge in [-0.15, -0.1) is 11.8 Å². The molecule has 0 aliphatic carbocycles. The van der Waals surface area contributed by atoms with Gasteiger partial charge in [-0.2, -0.15) is 0 Å². The number of anilines is 1. The van der Waals surface area contributed by atoms with E-state index in [1.807, 2.05) is 31.2 Å². The molecule has 1 aromatic carbocycles. The molecule has 0 fully saturated rings. The molecule has 3 heteroatoms. The maximum absolute atomic E-state index is 11.5. The molecule has 0 saturated heterocycles. The summed E-state index contributed by atoms with van der Waals surface area (Å²) in [5.41, 5.74) is 0.946. The Morgan fingerprint density at radius 2 is 2.23 bits per heavy atom. The van der Waals surface area contributed by atoms with Gasteiger partial charge in [0, 0.05) is 4.90 Å². The lowest BCUT2D eigenvalue weighted by atomic mass is 10.2. The summed E-state index contributed by atoms with van der Waals surface area (Å²) >= 11 is 1.65. The minimum atomic E-state index is 0.0786. The van der Waals surface area contributed by atoms with Crippen LogP contribution < -0.4 is 5.32 Å². The van der Waals surface area contributed by atoms with E-state index in [1.165, 1.54) is 4.90 Å². The van der Waals surface area contributed by atoms with Crippen molar-refractivity contribution in [1.82, 2.24) is 0 Å². The van der Waals surface area contributed by atoms with Crippen LogP contribution in [0, 0.1) is 0 Å². The third kappa shape index (κ3) is 1.56. The summed E-state index contributed by atoms with van der Waals surface area (Å²) in [4.78, 5) is 12.6. The highest BCUT2D eigenvalue weighted by Gasteiger charge is 2.24. The van der Waals surface area contributed by atoms with Gasteiger partial charge in [0.1, 0.15) is 0 Å². The zero-order valence-corrected chi connectivity index (χ0v) is 8.23. The first kappa shape index (κ1) is 8.63. The molecule has 1 heterocycles. The van der Waals surface area contributed by atoms with Gasteiger partial charge in [-0.1, -0.05) is 19.1 Å². The first-order valence-corrected chi connectivity index (χ1v) is 5.25. The molecule has 1 N–H and O–H groups in total. The predicted molar refractivity (Wildman–Crippen MR) is 55.0 cm³/mol. The molecule has 1 aliphatic rings. The van der Waals surface area contributed by atoms with E-state index in [0.717, 1.165) is 12.1 Å². The van der Waals surface area contributed by atoms with Gasteiger partial charge in [0.2, 0.25) is 5.91 Å². The zero-order valence-electron chi connectivity index (χ0n) is 7.41. The molecule has 0 bridgehead atoms. The number of hydrogen-bond acceptors (Lipinski definition) is 2. The van der Waals surface area contributed by atoms with Crippen LogP contribution in [0.15, 0.2) is 29.2 Å². The lowest BCUT2D eigenvalue weighted by molar-refractivity contribution is -0.115. The third-order valence-electron chi connectivity index (χ3n) is 2.08. The average molecular weight is 193 g/mol. The van der Waals surface area contributed by atoms with Gasteiger partial charge in [-0.25, -0.2) is 0 Å². The van der Waals surface area contributed by atoms with Crippen molar-refractivity contribution in [3.05, 3.63) is 24.3 Å². The lowest BCUT2D eigenvalue weighted by Crippen LogP contribution is -2.28. The molecule has 1 atom stereocenters. The molecular formula is C10H11NOS.